The van der Waals surface area contributed by atoms with Crippen LogP contribution in [0.15, 0.2) is 11.0 Å². The predicted octanol–water partition coefficient (Wildman–Crippen LogP) is 2.36. The van der Waals surface area contributed by atoms with Gasteiger partial charge in [0.05, 0.1) is 17.0 Å². The number of nitrogens with one attached hydrogen (secondary N) is 1. The summed E-state index contributed by atoms with van der Waals surface area (Å²) >= 11 is 0. The van der Waals surface area contributed by atoms with Gasteiger partial charge < -0.3 is 5.11 Å². The van der Waals surface area contributed by atoms with Crippen molar-refractivity contribution in [3.8, 4) is 0 Å². The van der Waals surface area contributed by atoms with Crippen molar-refractivity contribution in [2.24, 2.45) is 0 Å². The Morgan fingerprint density at radius 2 is 1.60 bits per heavy atom. The fraction of sp³-hybridized carbons (Fsp3) is 0.600. The summed E-state index contributed by atoms with van der Waals surface area (Å²) in [5.74, 6) is 0. The van der Waals surface area contributed by atoms with E-state index in [1.54, 1.807) is 6.92 Å². The van der Waals surface area contributed by atoms with E-state index in [0.717, 1.165) is 22.3 Å². The molecular formula is C15H25NO3S. The maximum Gasteiger partial charge on any atom is 0.241 e. The van der Waals surface area contributed by atoms with Crippen LogP contribution in [0.25, 0.3) is 0 Å². The minimum Gasteiger partial charge on any atom is -0.394 e. The fourth-order valence-electron chi connectivity index (χ4n) is 2.18. The largest absolute Gasteiger partial charge is 0.394 e. The number of hydrogen-bond donors (Lipinski definition) is 2. The molecule has 1 atom stereocenters. The van der Waals surface area contributed by atoms with Crippen LogP contribution in [0.3, 0.4) is 0 Å². The number of aryl methyl sites for hydroxylation is 2. The van der Waals surface area contributed by atoms with E-state index in [1.807, 2.05) is 40.7 Å². The van der Waals surface area contributed by atoms with E-state index >= 15 is 0 Å². The van der Waals surface area contributed by atoms with Crippen LogP contribution in [0, 0.1) is 27.7 Å². The molecule has 2 N–H and O–H groups in total. The van der Waals surface area contributed by atoms with E-state index in [-0.39, 0.29) is 6.61 Å². The van der Waals surface area contributed by atoms with Gasteiger partial charge in [-0.3, -0.25) is 0 Å². The highest BCUT2D eigenvalue weighted by Gasteiger charge is 2.31. The summed E-state index contributed by atoms with van der Waals surface area (Å²) in [6, 6.07) is 1.99. The van der Waals surface area contributed by atoms with Crippen molar-refractivity contribution < 1.29 is 13.5 Å². The second kappa shape index (κ2) is 5.84. The maximum atomic E-state index is 12.7. The van der Waals surface area contributed by atoms with Gasteiger partial charge in [-0.25, -0.2) is 13.1 Å². The van der Waals surface area contributed by atoms with E-state index < -0.39 is 15.6 Å². The van der Waals surface area contributed by atoms with Crippen LogP contribution in [-0.2, 0) is 10.0 Å². The Hall–Kier alpha value is -0.910. The number of aliphatic hydroxyl groups is 1. The highest BCUT2D eigenvalue weighted by atomic mass is 32.2. The molecule has 114 valence electrons. The summed E-state index contributed by atoms with van der Waals surface area (Å²) in [6.45, 7) is 10.8. The van der Waals surface area contributed by atoms with Crippen molar-refractivity contribution in [1.82, 2.24) is 4.72 Å². The van der Waals surface area contributed by atoms with Crippen molar-refractivity contribution in [3.05, 3.63) is 28.3 Å². The summed E-state index contributed by atoms with van der Waals surface area (Å²) in [4.78, 5) is 0.336. The normalized spacial score (nSPS) is 15.2. The second-order valence-corrected chi connectivity index (χ2v) is 7.39. The fourth-order valence-corrected chi connectivity index (χ4v) is 4.26. The summed E-state index contributed by atoms with van der Waals surface area (Å²) in [5.41, 5.74) is 2.59. The van der Waals surface area contributed by atoms with Gasteiger partial charge in [-0.05, 0) is 63.3 Å². The lowest BCUT2D eigenvalue weighted by Crippen LogP contribution is -2.48. The second-order valence-electron chi connectivity index (χ2n) is 5.77. The van der Waals surface area contributed by atoms with Gasteiger partial charge in [0.25, 0.3) is 0 Å². The first-order valence-corrected chi connectivity index (χ1v) is 8.28. The smallest absolute Gasteiger partial charge is 0.241 e. The van der Waals surface area contributed by atoms with Gasteiger partial charge in [0, 0.05) is 0 Å². The Balaban J connectivity index is 3.44. The summed E-state index contributed by atoms with van der Waals surface area (Å²) in [5, 5.41) is 9.42. The number of sulfonamides is 1. The molecule has 1 aromatic rings. The molecule has 0 saturated heterocycles. The van der Waals surface area contributed by atoms with E-state index in [0.29, 0.717) is 11.3 Å². The average molecular weight is 299 g/mol. The minimum atomic E-state index is -3.66. The van der Waals surface area contributed by atoms with E-state index in [1.165, 1.54) is 0 Å². The standard InChI is InChI=1S/C15H25NO3S/c1-7-15(6,9-17)16-20(18,19)14-12(4)10(2)8-11(3)13(14)5/h8,16-17H,7,9H2,1-6H3. The zero-order valence-electron chi connectivity index (χ0n) is 13.2. The maximum absolute atomic E-state index is 12.7. The van der Waals surface area contributed by atoms with E-state index in [4.69, 9.17) is 0 Å². The predicted molar refractivity (Wildman–Crippen MR) is 81.5 cm³/mol. The molecule has 0 aliphatic rings. The van der Waals surface area contributed by atoms with E-state index in [9.17, 15) is 13.5 Å². The topological polar surface area (TPSA) is 66.4 Å². The van der Waals surface area contributed by atoms with Crippen LogP contribution >= 0.6 is 0 Å². The molecule has 0 saturated carbocycles. The Labute approximate surface area is 122 Å². The van der Waals surface area contributed by atoms with Gasteiger partial charge in [0.2, 0.25) is 10.0 Å². The van der Waals surface area contributed by atoms with E-state index in [2.05, 4.69) is 4.72 Å². The van der Waals surface area contributed by atoms with Crippen molar-refractivity contribution in [2.75, 3.05) is 6.61 Å². The summed E-state index contributed by atoms with van der Waals surface area (Å²) in [6.07, 6.45) is 0.519. The number of benzene rings is 1. The number of hydrogen-bond acceptors (Lipinski definition) is 3. The monoisotopic (exact) mass is 299 g/mol. The molecule has 0 bridgehead atoms. The Bertz CT molecular complexity index is 576. The van der Waals surface area contributed by atoms with Crippen LogP contribution in [0.5, 0.6) is 0 Å². The minimum absolute atomic E-state index is 0.231. The highest BCUT2D eigenvalue weighted by Crippen LogP contribution is 2.27. The summed E-state index contributed by atoms with van der Waals surface area (Å²) < 4.78 is 28.0. The molecule has 0 radical (unpaired) electrons. The number of rotatable bonds is 5. The van der Waals surface area contributed by atoms with Crippen LogP contribution in [0.4, 0.5) is 0 Å². The molecule has 1 rings (SSSR count). The third-order valence-corrected chi connectivity index (χ3v) is 5.99. The molecule has 0 spiro atoms. The van der Waals surface area contributed by atoms with Gasteiger partial charge in [0.1, 0.15) is 0 Å². The van der Waals surface area contributed by atoms with Crippen molar-refractivity contribution in [3.63, 3.8) is 0 Å². The summed E-state index contributed by atoms with van der Waals surface area (Å²) in [7, 11) is -3.66. The van der Waals surface area contributed by atoms with Crippen LogP contribution in [0.2, 0.25) is 0 Å². The first-order valence-electron chi connectivity index (χ1n) is 6.80. The molecule has 1 unspecified atom stereocenters. The molecule has 4 nitrogen and oxygen atoms in total. The number of aliphatic hydroxyl groups excluding tert-OH is 1. The lowest BCUT2D eigenvalue weighted by Gasteiger charge is -2.28. The molecule has 5 heteroatoms. The van der Waals surface area contributed by atoms with Crippen LogP contribution in [-0.4, -0.2) is 25.7 Å². The molecule has 0 heterocycles. The zero-order valence-corrected chi connectivity index (χ0v) is 14.0. The van der Waals surface area contributed by atoms with Crippen molar-refractivity contribution >= 4 is 10.0 Å². The third kappa shape index (κ3) is 3.22. The first-order chi connectivity index (χ1) is 9.08. The quantitative estimate of drug-likeness (QED) is 0.877. The lowest BCUT2D eigenvalue weighted by atomic mass is 10.0. The molecule has 0 fully saturated rings. The van der Waals surface area contributed by atoms with Gasteiger partial charge >= 0.3 is 0 Å². The Morgan fingerprint density at radius 1 is 1.15 bits per heavy atom. The van der Waals surface area contributed by atoms with Gasteiger partial charge in [-0.2, -0.15) is 0 Å². The van der Waals surface area contributed by atoms with Crippen LogP contribution in [0.1, 0.15) is 42.5 Å². The van der Waals surface area contributed by atoms with Crippen molar-refractivity contribution in [1.29, 1.82) is 0 Å². The highest BCUT2D eigenvalue weighted by molar-refractivity contribution is 7.89. The van der Waals surface area contributed by atoms with Crippen molar-refractivity contribution in [2.45, 2.75) is 58.4 Å². The average Bonchev–Trinajstić information content (AvgIpc) is 2.35. The van der Waals surface area contributed by atoms with Gasteiger partial charge in [-0.15, -0.1) is 0 Å². The van der Waals surface area contributed by atoms with Crippen LogP contribution < -0.4 is 4.72 Å². The molecule has 0 amide bonds. The molecule has 0 aliphatic carbocycles. The third-order valence-electron chi connectivity index (χ3n) is 4.08. The molecule has 0 aliphatic heterocycles. The molecule has 1 aromatic carbocycles. The van der Waals surface area contributed by atoms with Gasteiger partial charge in [-0.1, -0.05) is 13.0 Å². The molecule has 0 aromatic heterocycles. The first kappa shape index (κ1) is 17.1. The lowest BCUT2D eigenvalue weighted by molar-refractivity contribution is 0.191. The SMILES string of the molecule is CCC(C)(CO)NS(=O)(=O)c1c(C)c(C)cc(C)c1C. The van der Waals surface area contributed by atoms with Gasteiger partial charge in [0.15, 0.2) is 0 Å². The Morgan fingerprint density at radius 3 is 1.95 bits per heavy atom. The zero-order chi connectivity index (χ0) is 15.7. The Kier molecular flexibility index (Phi) is 5.00. The molecule has 20 heavy (non-hydrogen) atoms. The molecular weight excluding hydrogens is 274 g/mol.